The summed E-state index contributed by atoms with van der Waals surface area (Å²) in [6.07, 6.45) is -2.07. The van der Waals surface area contributed by atoms with Gasteiger partial charge < -0.3 is 4.90 Å². The average Bonchev–Trinajstić information content (AvgIpc) is 2.32. The first-order valence-corrected chi connectivity index (χ1v) is 3.67. The zero-order chi connectivity index (χ0) is 7.30. The minimum Gasteiger partial charge on any atom is -0.306 e. The molecule has 1 aliphatic carbocycles. The molecular weight excluding hydrogens is 136 g/mol. The van der Waals surface area contributed by atoms with Crippen molar-refractivity contribution in [3.8, 4) is 0 Å². The molecule has 1 saturated carbocycles. The van der Waals surface area contributed by atoms with Gasteiger partial charge in [0.15, 0.2) is 0 Å². The molecule has 1 heterocycles. The molecule has 0 aromatic heterocycles. The first kappa shape index (κ1) is 6.53. The number of rotatable bonds is 1. The molecule has 58 valence electrons. The van der Waals surface area contributed by atoms with E-state index in [1.807, 2.05) is 7.05 Å². The summed E-state index contributed by atoms with van der Waals surface area (Å²) in [5.74, 6) is 0.395. The van der Waals surface area contributed by atoms with Gasteiger partial charge in [0, 0.05) is 19.0 Å². The Bertz CT molecular complexity index is 137. The van der Waals surface area contributed by atoms with Gasteiger partial charge in [-0.25, -0.2) is 8.78 Å². The van der Waals surface area contributed by atoms with E-state index in [0.717, 1.165) is 13.1 Å². The lowest BCUT2D eigenvalue weighted by atomic mass is 10.3. The molecule has 2 fully saturated rings. The number of hydrogen-bond donors (Lipinski definition) is 0. The number of hydrogen-bond acceptors (Lipinski definition) is 1. The second-order valence-electron chi connectivity index (χ2n) is 3.46. The van der Waals surface area contributed by atoms with E-state index in [1.54, 1.807) is 0 Å². The molecule has 0 aromatic carbocycles. The van der Waals surface area contributed by atoms with Gasteiger partial charge in [-0.3, -0.25) is 0 Å². The van der Waals surface area contributed by atoms with Gasteiger partial charge in [0.05, 0.1) is 0 Å². The number of likely N-dealkylation sites (tertiary alicyclic amines) is 1. The number of fused-ring (bicyclic) bond motifs is 1. The summed E-state index contributed by atoms with van der Waals surface area (Å²) in [6.45, 7) is 1.78. The highest BCUT2D eigenvalue weighted by atomic mass is 19.3. The largest absolute Gasteiger partial charge is 0.306 e. The number of alkyl halides is 2. The summed E-state index contributed by atoms with van der Waals surface area (Å²) in [5, 5.41) is 0. The van der Waals surface area contributed by atoms with Gasteiger partial charge in [-0.2, -0.15) is 0 Å². The highest BCUT2D eigenvalue weighted by Crippen LogP contribution is 2.54. The molecular formula is C7H11F2N. The molecule has 0 radical (unpaired) electrons. The second-order valence-corrected chi connectivity index (χ2v) is 3.46. The van der Waals surface area contributed by atoms with E-state index < -0.39 is 6.43 Å². The van der Waals surface area contributed by atoms with Crippen molar-refractivity contribution < 1.29 is 8.78 Å². The lowest BCUT2D eigenvalue weighted by Crippen LogP contribution is -2.21. The lowest BCUT2D eigenvalue weighted by Gasteiger charge is -2.11. The lowest BCUT2D eigenvalue weighted by molar-refractivity contribution is 0.0993. The summed E-state index contributed by atoms with van der Waals surface area (Å²) in [5.41, 5.74) is 0. The fourth-order valence-corrected chi connectivity index (χ4v) is 2.16. The maximum atomic E-state index is 12.0. The predicted octanol–water partition coefficient (Wildman–Crippen LogP) is 1.06. The van der Waals surface area contributed by atoms with Crippen LogP contribution in [0.5, 0.6) is 0 Å². The van der Waals surface area contributed by atoms with Crippen LogP contribution < -0.4 is 0 Å². The standard InChI is InChI=1S/C7H11F2N/c1-10-2-4-5(3-10)6(4)7(8)9/h4-7H,2-3H2,1H3. The van der Waals surface area contributed by atoms with Crippen LogP contribution in [0.2, 0.25) is 0 Å². The Labute approximate surface area is 59.0 Å². The van der Waals surface area contributed by atoms with Crippen LogP contribution in [0, 0.1) is 17.8 Å². The SMILES string of the molecule is CN1CC2C(C1)C2C(F)F. The molecule has 0 bridgehead atoms. The van der Waals surface area contributed by atoms with E-state index in [-0.39, 0.29) is 5.92 Å². The van der Waals surface area contributed by atoms with Crippen LogP contribution in [0.1, 0.15) is 0 Å². The molecule has 3 heteroatoms. The molecule has 10 heavy (non-hydrogen) atoms. The molecule has 2 rings (SSSR count). The van der Waals surface area contributed by atoms with E-state index in [2.05, 4.69) is 4.90 Å². The van der Waals surface area contributed by atoms with Crippen molar-refractivity contribution in [2.75, 3.05) is 20.1 Å². The Morgan fingerprint density at radius 2 is 1.80 bits per heavy atom. The first-order chi connectivity index (χ1) is 4.70. The van der Waals surface area contributed by atoms with Crippen LogP contribution in [0.25, 0.3) is 0 Å². The maximum absolute atomic E-state index is 12.0. The Morgan fingerprint density at radius 3 is 2.20 bits per heavy atom. The Hall–Kier alpha value is -0.180. The molecule has 0 amide bonds. The van der Waals surface area contributed by atoms with Gasteiger partial charge in [0.2, 0.25) is 6.43 Å². The number of halogens is 2. The van der Waals surface area contributed by atoms with Crippen molar-refractivity contribution in [1.82, 2.24) is 4.90 Å². The summed E-state index contributed by atoms with van der Waals surface area (Å²) < 4.78 is 24.1. The van der Waals surface area contributed by atoms with Crippen LogP contribution in [-0.2, 0) is 0 Å². The zero-order valence-electron chi connectivity index (χ0n) is 5.93. The molecule has 2 atom stereocenters. The fourth-order valence-electron chi connectivity index (χ4n) is 2.16. The van der Waals surface area contributed by atoms with Gasteiger partial charge in [-0.05, 0) is 18.9 Å². The molecule has 1 nitrogen and oxygen atoms in total. The first-order valence-electron chi connectivity index (χ1n) is 3.67. The Kier molecular flexibility index (Phi) is 1.24. The van der Waals surface area contributed by atoms with Gasteiger partial charge >= 0.3 is 0 Å². The molecule has 1 saturated heterocycles. The third kappa shape index (κ3) is 0.764. The van der Waals surface area contributed by atoms with Crippen LogP contribution in [0.4, 0.5) is 8.78 Å². The minimum atomic E-state index is -2.07. The van der Waals surface area contributed by atoms with Crippen molar-refractivity contribution in [3.63, 3.8) is 0 Å². The molecule has 0 spiro atoms. The molecule has 0 N–H and O–H groups in total. The Morgan fingerprint density at radius 1 is 1.30 bits per heavy atom. The maximum Gasteiger partial charge on any atom is 0.242 e. The normalized spacial score (nSPS) is 46.2. The quantitative estimate of drug-likeness (QED) is 0.536. The van der Waals surface area contributed by atoms with Crippen LogP contribution in [0.3, 0.4) is 0 Å². The van der Waals surface area contributed by atoms with Crippen molar-refractivity contribution in [3.05, 3.63) is 0 Å². The van der Waals surface area contributed by atoms with Gasteiger partial charge in [0.25, 0.3) is 0 Å². The highest BCUT2D eigenvalue weighted by Gasteiger charge is 2.58. The van der Waals surface area contributed by atoms with Crippen molar-refractivity contribution in [1.29, 1.82) is 0 Å². The van der Waals surface area contributed by atoms with Gasteiger partial charge in [-0.15, -0.1) is 0 Å². The third-order valence-corrected chi connectivity index (χ3v) is 2.73. The van der Waals surface area contributed by atoms with Gasteiger partial charge in [-0.1, -0.05) is 0 Å². The van der Waals surface area contributed by atoms with Crippen LogP contribution in [-0.4, -0.2) is 31.5 Å². The highest BCUT2D eigenvalue weighted by molar-refractivity contribution is 5.05. The molecule has 0 aromatic rings. The second kappa shape index (κ2) is 1.91. The van der Waals surface area contributed by atoms with Gasteiger partial charge in [0.1, 0.15) is 0 Å². The molecule has 2 unspecified atom stereocenters. The summed E-state index contributed by atoms with van der Waals surface area (Å²) in [6, 6.07) is 0. The topological polar surface area (TPSA) is 3.24 Å². The average molecular weight is 147 g/mol. The van der Waals surface area contributed by atoms with Crippen LogP contribution >= 0.6 is 0 Å². The monoisotopic (exact) mass is 147 g/mol. The fraction of sp³-hybridized carbons (Fsp3) is 1.00. The third-order valence-electron chi connectivity index (χ3n) is 2.73. The minimum absolute atomic E-state index is 0.254. The van der Waals surface area contributed by atoms with Crippen LogP contribution in [0.15, 0.2) is 0 Å². The molecule has 2 aliphatic rings. The van der Waals surface area contributed by atoms with E-state index in [4.69, 9.17) is 0 Å². The van der Waals surface area contributed by atoms with Crippen molar-refractivity contribution >= 4 is 0 Å². The van der Waals surface area contributed by atoms with Crippen molar-refractivity contribution in [2.45, 2.75) is 6.43 Å². The van der Waals surface area contributed by atoms with Crippen molar-refractivity contribution in [2.24, 2.45) is 17.8 Å². The number of nitrogens with zero attached hydrogens (tertiary/aromatic N) is 1. The summed E-state index contributed by atoms with van der Waals surface area (Å²) in [4.78, 5) is 2.13. The zero-order valence-corrected chi connectivity index (χ0v) is 5.93. The smallest absolute Gasteiger partial charge is 0.242 e. The summed E-state index contributed by atoms with van der Waals surface area (Å²) in [7, 11) is 1.99. The van der Waals surface area contributed by atoms with E-state index in [1.165, 1.54) is 0 Å². The molecule has 1 aliphatic heterocycles. The summed E-state index contributed by atoms with van der Waals surface area (Å²) >= 11 is 0. The van der Waals surface area contributed by atoms with E-state index in [0.29, 0.717) is 11.8 Å². The number of piperidine rings is 1. The predicted molar refractivity (Wildman–Crippen MR) is 34.0 cm³/mol. The Balaban J connectivity index is 1.92. The van der Waals surface area contributed by atoms with E-state index >= 15 is 0 Å². The van der Waals surface area contributed by atoms with E-state index in [9.17, 15) is 8.78 Å².